The Balaban J connectivity index is 2.63. The first-order valence-electron chi connectivity index (χ1n) is 5.61. The van der Waals surface area contributed by atoms with E-state index in [0.717, 1.165) is 0 Å². The molecule has 5 heteroatoms. The highest BCUT2D eigenvalue weighted by Gasteiger charge is 2.19. The first kappa shape index (κ1) is 13.1. The number of aromatic nitrogens is 2. The van der Waals surface area contributed by atoms with Crippen LogP contribution >= 0.6 is 0 Å². The molecular formula is C11H21N3O2. The topological polar surface area (TPSA) is 60.2 Å². The standard InChI is InChI=1S/C11H21N3O2/c1-7(15-5)6-10-13-11(16-14-10)8(2)9(3)12-4/h7-9,12H,6H2,1-5H3. The summed E-state index contributed by atoms with van der Waals surface area (Å²) in [6.07, 6.45) is 0.795. The fraction of sp³-hybridized carbons (Fsp3) is 0.818. The zero-order valence-corrected chi connectivity index (χ0v) is 10.7. The fourth-order valence-electron chi connectivity index (χ4n) is 1.34. The van der Waals surface area contributed by atoms with E-state index in [1.54, 1.807) is 7.11 Å². The van der Waals surface area contributed by atoms with Crippen molar-refractivity contribution in [2.45, 2.75) is 45.3 Å². The number of hydrogen-bond acceptors (Lipinski definition) is 5. The summed E-state index contributed by atoms with van der Waals surface area (Å²) in [5.74, 6) is 1.60. The van der Waals surface area contributed by atoms with Crippen LogP contribution in [-0.4, -0.2) is 36.4 Å². The first-order chi connectivity index (χ1) is 7.58. The van der Waals surface area contributed by atoms with Crippen molar-refractivity contribution >= 4 is 0 Å². The lowest BCUT2D eigenvalue weighted by Crippen LogP contribution is -2.27. The minimum Gasteiger partial charge on any atom is -0.381 e. The summed E-state index contributed by atoms with van der Waals surface area (Å²) in [7, 11) is 3.60. The van der Waals surface area contributed by atoms with Crippen LogP contribution in [0, 0.1) is 0 Å². The Labute approximate surface area is 96.6 Å². The second-order valence-corrected chi connectivity index (χ2v) is 4.17. The van der Waals surface area contributed by atoms with Crippen molar-refractivity contribution in [3.05, 3.63) is 11.7 Å². The molecule has 0 aliphatic heterocycles. The van der Waals surface area contributed by atoms with Crippen LogP contribution in [0.2, 0.25) is 0 Å². The normalized spacial score (nSPS) is 17.1. The van der Waals surface area contributed by atoms with Crippen LogP contribution in [0.1, 0.15) is 38.4 Å². The van der Waals surface area contributed by atoms with Gasteiger partial charge in [0.2, 0.25) is 5.89 Å². The van der Waals surface area contributed by atoms with Gasteiger partial charge in [-0.25, -0.2) is 0 Å². The molecular weight excluding hydrogens is 206 g/mol. The summed E-state index contributed by atoms with van der Waals surface area (Å²) in [6, 6.07) is 0.313. The molecule has 0 amide bonds. The largest absolute Gasteiger partial charge is 0.381 e. The van der Waals surface area contributed by atoms with Gasteiger partial charge in [-0.05, 0) is 20.9 Å². The quantitative estimate of drug-likeness (QED) is 0.795. The van der Waals surface area contributed by atoms with Crippen molar-refractivity contribution in [1.82, 2.24) is 15.5 Å². The minimum atomic E-state index is 0.113. The van der Waals surface area contributed by atoms with E-state index in [9.17, 15) is 0 Å². The zero-order valence-electron chi connectivity index (χ0n) is 10.7. The molecule has 92 valence electrons. The number of nitrogens with one attached hydrogen (secondary N) is 1. The van der Waals surface area contributed by atoms with Gasteiger partial charge in [0, 0.05) is 19.6 Å². The summed E-state index contributed by atoms with van der Waals surface area (Å²) >= 11 is 0. The Kier molecular flexibility index (Phi) is 4.89. The van der Waals surface area contributed by atoms with Crippen LogP contribution < -0.4 is 5.32 Å². The number of ether oxygens (including phenoxy) is 1. The third-order valence-electron chi connectivity index (χ3n) is 2.95. The van der Waals surface area contributed by atoms with Crippen LogP contribution in [-0.2, 0) is 11.2 Å². The van der Waals surface area contributed by atoms with Gasteiger partial charge in [-0.2, -0.15) is 4.98 Å². The van der Waals surface area contributed by atoms with E-state index in [4.69, 9.17) is 9.26 Å². The third-order valence-corrected chi connectivity index (χ3v) is 2.95. The van der Waals surface area contributed by atoms with Gasteiger partial charge >= 0.3 is 0 Å². The highest BCUT2D eigenvalue weighted by atomic mass is 16.5. The lowest BCUT2D eigenvalue weighted by molar-refractivity contribution is 0.116. The van der Waals surface area contributed by atoms with Gasteiger partial charge in [-0.3, -0.25) is 0 Å². The highest BCUT2D eigenvalue weighted by Crippen LogP contribution is 2.17. The summed E-state index contributed by atoms with van der Waals surface area (Å²) < 4.78 is 10.4. The number of methoxy groups -OCH3 is 1. The third kappa shape index (κ3) is 3.28. The molecule has 1 N–H and O–H groups in total. The van der Waals surface area contributed by atoms with Crippen molar-refractivity contribution in [1.29, 1.82) is 0 Å². The molecule has 1 heterocycles. The number of nitrogens with zero attached hydrogens (tertiary/aromatic N) is 2. The predicted octanol–water partition coefficient (Wildman–Crippen LogP) is 1.36. The van der Waals surface area contributed by atoms with E-state index in [0.29, 0.717) is 24.2 Å². The molecule has 0 saturated carbocycles. The fourth-order valence-corrected chi connectivity index (χ4v) is 1.34. The van der Waals surface area contributed by atoms with E-state index < -0.39 is 0 Å². The van der Waals surface area contributed by atoms with Gasteiger partial charge in [0.15, 0.2) is 5.82 Å². The van der Waals surface area contributed by atoms with Gasteiger partial charge in [0.05, 0.1) is 12.0 Å². The molecule has 1 rings (SSSR count). The van der Waals surface area contributed by atoms with Crippen molar-refractivity contribution < 1.29 is 9.26 Å². The van der Waals surface area contributed by atoms with E-state index in [-0.39, 0.29) is 12.0 Å². The molecule has 0 radical (unpaired) electrons. The van der Waals surface area contributed by atoms with Crippen LogP contribution in [0.3, 0.4) is 0 Å². The molecule has 0 aliphatic rings. The Bertz CT molecular complexity index is 314. The van der Waals surface area contributed by atoms with Crippen LogP contribution in [0.15, 0.2) is 4.52 Å². The van der Waals surface area contributed by atoms with Gasteiger partial charge in [-0.1, -0.05) is 12.1 Å². The summed E-state index contributed by atoms with van der Waals surface area (Å²) in [5.41, 5.74) is 0. The molecule has 0 aromatic carbocycles. The summed E-state index contributed by atoms with van der Waals surface area (Å²) in [5, 5.41) is 7.12. The minimum absolute atomic E-state index is 0.113. The van der Waals surface area contributed by atoms with Gasteiger partial charge in [0.25, 0.3) is 0 Å². The molecule has 5 nitrogen and oxygen atoms in total. The molecule has 16 heavy (non-hydrogen) atoms. The van der Waals surface area contributed by atoms with E-state index in [1.807, 2.05) is 14.0 Å². The van der Waals surface area contributed by atoms with Crippen molar-refractivity contribution in [2.24, 2.45) is 0 Å². The second-order valence-electron chi connectivity index (χ2n) is 4.17. The molecule has 3 unspecified atom stereocenters. The summed E-state index contributed by atoms with van der Waals surface area (Å²) in [6.45, 7) is 6.14. The van der Waals surface area contributed by atoms with Gasteiger partial charge < -0.3 is 14.6 Å². The van der Waals surface area contributed by atoms with E-state index >= 15 is 0 Å². The van der Waals surface area contributed by atoms with Gasteiger partial charge in [0.1, 0.15) is 0 Å². The van der Waals surface area contributed by atoms with Crippen LogP contribution in [0.5, 0.6) is 0 Å². The molecule has 0 spiro atoms. The Morgan fingerprint density at radius 1 is 1.38 bits per heavy atom. The SMILES string of the molecule is CNC(C)C(C)c1nc(CC(C)OC)no1. The predicted molar refractivity (Wildman–Crippen MR) is 61.4 cm³/mol. The molecule has 1 aromatic rings. The number of likely N-dealkylation sites (N-methyl/N-ethyl adjacent to an activating group) is 1. The molecule has 0 saturated heterocycles. The maximum Gasteiger partial charge on any atom is 0.231 e. The monoisotopic (exact) mass is 227 g/mol. The van der Waals surface area contributed by atoms with E-state index in [1.165, 1.54) is 0 Å². The lowest BCUT2D eigenvalue weighted by atomic mass is 10.0. The molecule has 0 bridgehead atoms. The second kappa shape index (κ2) is 5.96. The van der Waals surface area contributed by atoms with Gasteiger partial charge in [-0.15, -0.1) is 0 Å². The lowest BCUT2D eigenvalue weighted by Gasteiger charge is -2.14. The van der Waals surface area contributed by atoms with Crippen molar-refractivity contribution in [2.75, 3.05) is 14.2 Å². The Morgan fingerprint density at radius 3 is 2.62 bits per heavy atom. The average molecular weight is 227 g/mol. The van der Waals surface area contributed by atoms with Crippen LogP contribution in [0.4, 0.5) is 0 Å². The van der Waals surface area contributed by atoms with Crippen LogP contribution in [0.25, 0.3) is 0 Å². The highest BCUT2D eigenvalue weighted by molar-refractivity contribution is 4.96. The molecule has 1 aromatic heterocycles. The number of hydrogen-bond donors (Lipinski definition) is 1. The first-order valence-corrected chi connectivity index (χ1v) is 5.61. The molecule has 0 fully saturated rings. The number of rotatable bonds is 6. The zero-order chi connectivity index (χ0) is 12.1. The molecule has 0 aliphatic carbocycles. The maximum absolute atomic E-state index is 5.24. The summed E-state index contributed by atoms with van der Waals surface area (Å²) in [4.78, 5) is 4.37. The molecule has 3 atom stereocenters. The average Bonchev–Trinajstić information content (AvgIpc) is 2.75. The van der Waals surface area contributed by atoms with E-state index in [2.05, 4.69) is 29.3 Å². The Morgan fingerprint density at radius 2 is 2.06 bits per heavy atom. The maximum atomic E-state index is 5.24. The van der Waals surface area contributed by atoms with Crippen molar-refractivity contribution in [3.63, 3.8) is 0 Å². The van der Waals surface area contributed by atoms with Crippen molar-refractivity contribution in [3.8, 4) is 0 Å². The smallest absolute Gasteiger partial charge is 0.231 e. The Hall–Kier alpha value is -0.940.